The Bertz CT molecular complexity index is 844. The maximum absolute atomic E-state index is 12.1. The predicted octanol–water partition coefficient (Wildman–Crippen LogP) is 4.69. The van der Waals surface area contributed by atoms with Crippen LogP contribution in [0.3, 0.4) is 0 Å². The van der Waals surface area contributed by atoms with Gasteiger partial charge >= 0.3 is 5.97 Å². The molecular weight excluding hydrogens is 441 g/mol. The van der Waals surface area contributed by atoms with Gasteiger partial charge in [0.2, 0.25) is 5.90 Å². The number of carbonyl (C=O) groups excluding carboxylic acids is 1. The Morgan fingerprint density at radius 1 is 1.25 bits per heavy atom. The second kappa shape index (κ2) is 7.36. The van der Waals surface area contributed by atoms with E-state index in [4.69, 9.17) is 21.1 Å². The van der Waals surface area contributed by atoms with Crippen molar-refractivity contribution >= 4 is 52.1 Å². The molecule has 0 bridgehead atoms. The highest BCUT2D eigenvalue weighted by atomic mass is 127. The van der Waals surface area contributed by atoms with Crippen molar-refractivity contribution in [2.45, 2.75) is 6.92 Å². The largest absolute Gasteiger partial charge is 0.494 e. The number of esters is 1. The highest BCUT2D eigenvalue weighted by molar-refractivity contribution is 14.1. The number of rotatable bonds is 4. The molecule has 0 aliphatic carbocycles. The molecule has 0 N–H and O–H groups in total. The van der Waals surface area contributed by atoms with Crippen molar-refractivity contribution in [2.24, 2.45) is 4.99 Å². The van der Waals surface area contributed by atoms with E-state index in [1.165, 1.54) is 0 Å². The number of halogens is 2. The number of ether oxygens (including phenoxy) is 2. The smallest absolute Gasteiger partial charge is 0.363 e. The van der Waals surface area contributed by atoms with E-state index in [0.29, 0.717) is 17.2 Å². The summed E-state index contributed by atoms with van der Waals surface area (Å²) >= 11 is 8.34. The van der Waals surface area contributed by atoms with E-state index in [1.807, 2.05) is 43.3 Å². The lowest BCUT2D eigenvalue weighted by Gasteiger charge is -2.02. The summed E-state index contributed by atoms with van der Waals surface area (Å²) in [6.45, 7) is 2.54. The van der Waals surface area contributed by atoms with Gasteiger partial charge in [0.1, 0.15) is 5.75 Å². The summed E-state index contributed by atoms with van der Waals surface area (Å²) in [4.78, 5) is 16.3. The van der Waals surface area contributed by atoms with E-state index in [-0.39, 0.29) is 11.6 Å². The Hall–Kier alpha value is -1.86. The Morgan fingerprint density at radius 2 is 2.00 bits per heavy atom. The van der Waals surface area contributed by atoms with Crippen molar-refractivity contribution < 1.29 is 14.3 Å². The van der Waals surface area contributed by atoms with Gasteiger partial charge in [0.15, 0.2) is 5.70 Å². The Balaban J connectivity index is 1.89. The third kappa shape index (κ3) is 3.79. The summed E-state index contributed by atoms with van der Waals surface area (Å²) < 4.78 is 11.6. The third-order valence-corrected chi connectivity index (χ3v) is 4.27. The third-order valence-electron chi connectivity index (χ3n) is 3.27. The molecular formula is C18H13ClINO3. The Kier molecular flexibility index (Phi) is 5.20. The van der Waals surface area contributed by atoms with Crippen LogP contribution in [0.25, 0.3) is 6.08 Å². The van der Waals surface area contributed by atoms with Gasteiger partial charge in [0, 0.05) is 3.57 Å². The molecule has 0 unspecified atom stereocenters. The minimum absolute atomic E-state index is 0.223. The molecule has 0 aromatic heterocycles. The average molecular weight is 454 g/mol. The summed E-state index contributed by atoms with van der Waals surface area (Å²) in [5.74, 6) is 0.512. The molecule has 1 aliphatic rings. The molecule has 6 heteroatoms. The van der Waals surface area contributed by atoms with E-state index in [2.05, 4.69) is 27.6 Å². The van der Waals surface area contributed by atoms with Crippen LogP contribution < -0.4 is 4.74 Å². The Labute approximate surface area is 158 Å². The summed E-state index contributed by atoms with van der Waals surface area (Å²) in [6.07, 6.45) is 1.67. The van der Waals surface area contributed by atoms with Crippen molar-refractivity contribution in [2.75, 3.05) is 6.61 Å². The lowest BCUT2D eigenvalue weighted by atomic mass is 10.2. The van der Waals surface area contributed by atoms with E-state index >= 15 is 0 Å². The van der Waals surface area contributed by atoms with Crippen LogP contribution in [-0.4, -0.2) is 18.5 Å². The number of hydrogen-bond donors (Lipinski definition) is 0. The number of benzene rings is 2. The second-order valence-corrected chi connectivity index (χ2v) is 6.62. The first-order valence-electron chi connectivity index (χ1n) is 7.27. The summed E-state index contributed by atoms with van der Waals surface area (Å²) in [6, 6.07) is 12.9. The average Bonchev–Trinajstić information content (AvgIpc) is 2.92. The fourth-order valence-electron chi connectivity index (χ4n) is 2.17. The highest BCUT2D eigenvalue weighted by Gasteiger charge is 2.25. The van der Waals surface area contributed by atoms with Crippen molar-refractivity contribution in [3.63, 3.8) is 0 Å². The van der Waals surface area contributed by atoms with Gasteiger partial charge < -0.3 is 9.47 Å². The topological polar surface area (TPSA) is 47.9 Å². The van der Waals surface area contributed by atoms with Gasteiger partial charge in [-0.25, -0.2) is 9.79 Å². The van der Waals surface area contributed by atoms with Crippen LogP contribution in [0.4, 0.5) is 0 Å². The zero-order valence-corrected chi connectivity index (χ0v) is 15.7. The van der Waals surface area contributed by atoms with Crippen LogP contribution >= 0.6 is 34.2 Å². The van der Waals surface area contributed by atoms with Gasteiger partial charge in [0.25, 0.3) is 0 Å². The summed E-state index contributed by atoms with van der Waals surface area (Å²) in [5.41, 5.74) is 1.68. The van der Waals surface area contributed by atoms with Crippen LogP contribution in [0.1, 0.15) is 18.1 Å². The van der Waals surface area contributed by atoms with Crippen LogP contribution in [0, 0.1) is 3.57 Å². The normalized spacial score (nSPS) is 15.4. The van der Waals surface area contributed by atoms with E-state index in [1.54, 1.807) is 12.1 Å². The van der Waals surface area contributed by atoms with Crippen LogP contribution in [0.15, 0.2) is 53.2 Å². The fraction of sp³-hybridized carbons (Fsp3) is 0.111. The van der Waals surface area contributed by atoms with Crippen LogP contribution in [-0.2, 0) is 9.53 Å². The standard InChI is InChI=1S/C18H13ClINO3/c1-2-23-13-6-3-11(4-7-13)9-16-18(22)24-17(21-16)14-10-12(20)5-8-15(14)19/h3-10H,2H2,1H3. The zero-order valence-electron chi connectivity index (χ0n) is 12.8. The monoisotopic (exact) mass is 453 g/mol. The molecule has 3 rings (SSSR count). The van der Waals surface area contributed by atoms with Crippen molar-refractivity contribution in [1.29, 1.82) is 0 Å². The molecule has 0 amide bonds. The highest BCUT2D eigenvalue weighted by Crippen LogP contribution is 2.25. The van der Waals surface area contributed by atoms with Crippen molar-refractivity contribution in [1.82, 2.24) is 0 Å². The minimum atomic E-state index is -0.492. The number of aliphatic imine (C=N–C) groups is 1. The summed E-state index contributed by atoms with van der Waals surface area (Å²) in [7, 11) is 0. The van der Waals surface area contributed by atoms with Gasteiger partial charge in [-0.1, -0.05) is 23.7 Å². The van der Waals surface area contributed by atoms with E-state index in [0.717, 1.165) is 14.9 Å². The molecule has 0 fully saturated rings. The minimum Gasteiger partial charge on any atom is -0.494 e. The number of hydrogen-bond acceptors (Lipinski definition) is 4. The molecule has 122 valence electrons. The molecule has 0 saturated heterocycles. The van der Waals surface area contributed by atoms with Crippen LogP contribution in [0.5, 0.6) is 5.75 Å². The van der Waals surface area contributed by atoms with Gasteiger partial charge in [0.05, 0.1) is 17.2 Å². The van der Waals surface area contributed by atoms with Gasteiger partial charge in [-0.15, -0.1) is 0 Å². The lowest BCUT2D eigenvalue weighted by molar-refractivity contribution is -0.129. The van der Waals surface area contributed by atoms with Gasteiger partial charge in [-0.2, -0.15) is 0 Å². The molecule has 0 atom stereocenters. The fourth-order valence-corrected chi connectivity index (χ4v) is 2.86. The van der Waals surface area contributed by atoms with Gasteiger partial charge in [-0.3, -0.25) is 0 Å². The quantitative estimate of drug-likeness (QED) is 0.383. The Morgan fingerprint density at radius 3 is 2.71 bits per heavy atom. The first-order valence-corrected chi connectivity index (χ1v) is 8.73. The number of cyclic esters (lactones) is 1. The molecule has 0 radical (unpaired) electrons. The van der Waals surface area contributed by atoms with Crippen molar-refractivity contribution in [3.8, 4) is 5.75 Å². The first-order chi connectivity index (χ1) is 11.6. The maximum atomic E-state index is 12.1. The molecule has 0 saturated carbocycles. The SMILES string of the molecule is CCOc1ccc(C=C2N=C(c3cc(I)ccc3Cl)OC2=O)cc1. The number of carbonyl (C=O) groups is 1. The van der Waals surface area contributed by atoms with Crippen molar-refractivity contribution in [3.05, 3.63) is 67.9 Å². The number of nitrogens with zero attached hydrogens (tertiary/aromatic N) is 1. The maximum Gasteiger partial charge on any atom is 0.363 e. The van der Waals surface area contributed by atoms with E-state index < -0.39 is 5.97 Å². The molecule has 1 heterocycles. The van der Waals surface area contributed by atoms with E-state index in [9.17, 15) is 4.79 Å². The summed E-state index contributed by atoms with van der Waals surface area (Å²) in [5, 5.41) is 0.490. The molecule has 2 aromatic carbocycles. The molecule has 0 spiro atoms. The molecule has 2 aromatic rings. The molecule has 1 aliphatic heterocycles. The second-order valence-electron chi connectivity index (χ2n) is 4.96. The molecule has 24 heavy (non-hydrogen) atoms. The predicted molar refractivity (Wildman–Crippen MR) is 102 cm³/mol. The zero-order chi connectivity index (χ0) is 17.1. The van der Waals surface area contributed by atoms with Crippen LogP contribution in [0.2, 0.25) is 5.02 Å². The first kappa shape index (κ1) is 17.0. The molecule has 4 nitrogen and oxygen atoms in total. The van der Waals surface area contributed by atoms with Gasteiger partial charge in [-0.05, 0) is 71.5 Å². The lowest BCUT2D eigenvalue weighted by Crippen LogP contribution is -2.06.